The number of aromatic nitrogens is 3. The minimum Gasteiger partial charge on any atom is -0.463 e. The van der Waals surface area contributed by atoms with Crippen LogP contribution in [0.3, 0.4) is 0 Å². The molecule has 7 atom stereocenters. The molecule has 8 N–H and O–H groups in total. The van der Waals surface area contributed by atoms with E-state index < -0.39 is 71.5 Å². The molecule has 3 heterocycles. The highest BCUT2D eigenvalue weighted by atomic mass is 33.1. The van der Waals surface area contributed by atoms with Gasteiger partial charge >= 0.3 is 18.2 Å². The Morgan fingerprint density at radius 3 is 2.14 bits per heavy atom. The number of anilines is 1. The maximum absolute atomic E-state index is 14.3. The Morgan fingerprint density at radius 1 is 0.800 bits per heavy atom. The summed E-state index contributed by atoms with van der Waals surface area (Å²) in [6.07, 6.45) is -4.63. The normalized spacial score (nSPS) is 18.3. The largest absolute Gasteiger partial charge is 0.463 e. The molecule has 30 heteroatoms. The number of ether oxygens (including phenoxy) is 8. The Labute approximate surface area is 540 Å². The molecule has 1 aromatic heterocycles. The number of thiocarbonyl (C=S) groups is 1. The van der Waals surface area contributed by atoms with E-state index in [4.69, 9.17) is 51.1 Å². The predicted molar refractivity (Wildman–Crippen MR) is 345 cm³/mol. The Morgan fingerprint density at radius 2 is 1.46 bits per heavy atom. The van der Waals surface area contributed by atoms with Crippen LogP contribution >= 0.6 is 45.6 Å². The summed E-state index contributed by atoms with van der Waals surface area (Å²) in [5, 5.41) is 48.0. The Kier molecular flexibility index (Phi) is 30.6. The molecule has 0 radical (unpaired) electrons. The maximum Gasteiger partial charge on any atom is 0.407 e. The van der Waals surface area contributed by atoms with Gasteiger partial charge in [-0.15, -0.1) is 5.10 Å². The summed E-state index contributed by atoms with van der Waals surface area (Å²) in [6, 6.07) is 23.4. The van der Waals surface area contributed by atoms with Gasteiger partial charge in [0.15, 0.2) is 6.29 Å². The summed E-state index contributed by atoms with van der Waals surface area (Å²) in [5.74, 6) is -0.494. The molecule has 1 saturated heterocycles. The average Bonchev–Trinajstić information content (AvgIpc) is 1.51. The number of aliphatic hydroxyl groups excluding tert-OH is 3. The number of carbonyl (C=O) groups excluding carboxylic acids is 6. The van der Waals surface area contributed by atoms with Gasteiger partial charge in [0.05, 0.1) is 86.3 Å². The van der Waals surface area contributed by atoms with Gasteiger partial charge in [-0.2, -0.15) is 0 Å². The van der Waals surface area contributed by atoms with E-state index in [2.05, 4.69) is 36.0 Å². The second-order valence-corrected chi connectivity index (χ2v) is 26.0. The summed E-state index contributed by atoms with van der Waals surface area (Å²) in [6.45, 7) is 6.67. The highest BCUT2D eigenvalue weighted by molar-refractivity contribution is 8.76. The van der Waals surface area contributed by atoms with Gasteiger partial charge in [-0.25, -0.2) is 14.3 Å². The number of primary amides is 1. The third-order valence-corrected chi connectivity index (χ3v) is 18.1. The van der Waals surface area contributed by atoms with E-state index in [9.17, 15) is 44.1 Å². The van der Waals surface area contributed by atoms with E-state index in [0.717, 1.165) is 27.9 Å². The Hall–Kier alpha value is -6.29. The summed E-state index contributed by atoms with van der Waals surface area (Å²) in [4.78, 5) is 82.4. The van der Waals surface area contributed by atoms with Crippen LogP contribution < -0.4 is 26.6 Å². The predicted octanol–water partition coefficient (Wildman–Crippen LogP) is 4.47. The lowest BCUT2D eigenvalue weighted by Crippen LogP contribution is -2.64. The molecule has 2 aliphatic heterocycles. The average molecular weight is 1330 g/mol. The highest BCUT2D eigenvalue weighted by Gasteiger charge is 2.46. The zero-order valence-electron chi connectivity index (χ0n) is 50.8. The smallest absolute Gasteiger partial charge is 0.407 e. The summed E-state index contributed by atoms with van der Waals surface area (Å²) >= 11 is 7.05. The lowest BCUT2D eigenvalue weighted by atomic mass is 9.78. The number of nitrogens with one attached hydrogen (secondary N) is 3. The number of nitrogens with zero attached hydrogens (tertiary/aromatic N) is 5. The van der Waals surface area contributed by atoms with Crippen LogP contribution in [0.2, 0.25) is 0 Å². The summed E-state index contributed by atoms with van der Waals surface area (Å²) < 4.78 is 45.3. The first kappa shape index (κ1) is 72.8. The molecule has 1 fully saturated rings. The first-order valence-electron chi connectivity index (χ1n) is 29.3. The van der Waals surface area contributed by atoms with Gasteiger partial charge in [0.25, 0.3) is 0 Å². The number of fused-ring (bicyclic) bond motifs is 5. The summed E-state index contributed by atoms with van der Waals surface area (Å²) in [7, 11) is 4.53. The standard InChI is InChI=1S/C60H81N9O17S4/c1-40(71)65-50-53(75)52(74)46(37-70)86-54(50)83-24-22-63-56(76)60(3,90-55(87)41-12-6-5-7-13-41)38-59(2,39-62-4)20-18-48(73)82-31-30-81-29-28-80-27-26-79-25-23-69-51-44-16-10-11-17-45(44)68(36-42-14-8-9-15-43(42)49(51)66-67-69)47(72)19-21-64-58(78)85-33-35-89-88-34-32-84-57(61)77/h5-17,39,46,50,52-54,70,74-75H,18-38H2,1-4H3,(H2,61,77)(H,63,76)(H,64,78)(H,65,71). The number of rotatable bonds is 37. The second-order valence-electron chi connectivity index (χ2n) is 21.1. The molecule has 4 aromatic rings. The quantitative estimate of drug-likeness (QED) is 0.00818. The topological polar surface area (TPSA) is 345 Å². The number of carbonyl (C=O) groups is 6. The highest BCUT2D eigenvalue weighted by Crippen LogP contribution is 2.43. The number of amides is 5. The second kappa shape index (κ2) is 37.9. The maximum atomic E-state index is 14.3. The first-order valence-corrected chi connectivity index (χ1v) is 33.0. The molecule has 90 heavy (non-hydrogen) atoms. The number of benzene rings is 3. The molecule has 5 amide bonds. The fourth-order valence-electron chi connectivity index (χ4n) is 9.90. The van der Waals surface area contributed by atoms with Gasteiger partial charge in [0, 0.05) is 74.2 Å². The third-order valence-electron chi connectivity index (χ3n) is 14.1. The van der Waals surface area contributed by atoms with Crippen molar-refractivity contribution in [2.24, 2.45) is 16.1 Å². The van der Waals surface area contributed by atoms with Crippen LogP contribution in [0.4, 0.5) is 15.3 Å². The molecular formula is C60H81N9O17S4. The monoisotopic (exact) mass is 1330 g/mol. The van der Waals surface area contributed by atoms with Crippen molar-refractivity contribution in [2.75, 3.05) is 109 Å². The molecule has 0 aliphatic carbocycles. The first-order chi connectivity index (χ1) is 43.4. The van der Waals surface area contributed by atoms with Crippen molar-refractivity contribution in [1.29, 1.82) is 0 Å². The Balaban J connectivity index is 0.906. The third kappa shape index (κ3) is 22.8. The lowest BCUT2D eigenvalue weighted by molar-refractivity contribution is -0.269. The van der Waals surface area contributed by atoms with Crippen molar-refractivity contribution in [3.05, 3.63) is 90.0 Å². The number of hydrogen-bond donors (Lipinski definition) is 7. The van der Waals surface area contributed by atoms with Gasteiger partial charge < -0.3 is 84.8 Å². The number of esters is 1. The van der Waals surface area contributed by atoms with E-state index in [-0.39, 0.29) is 123 Å². The van der Waals surface area contributed by atoms with Crippen molar-refractivity contribution in [1.82, 2.24) is 30.9 Å². The van der Waals surface area contributed by atoms with E-state index in [1.807, 2.05) is 85.8 Å². The molecule has 0 bridgehead atoms. The molecule has 26 nitrogen and oxygen atoms in total. The minimum atomic E-state index is -1.50. The van der Waals surface area contributed by atoms with E-state index >= 15 is 0 Å². The molecule has 0 spiro atoms. The zero-order chi connectivity index (χ0) is 64.9. The van der Waals surface area contributed by atoms with Crippen LogP contribution in [0, 0.1) is 5.41 Å². The molecule has 2 aliphatic rings. The molecular weight excluding hydrogens is 1250 g/mol. The molecule has 7 unspecified atom stereocenters. The van der Waals surface area contributed by atoms with Crippen LogP contribution in [0.1, 0.15) is 57.6 Å². The Bertz CT molecular complexity index is 3010. The molecule has 0 saturated carbocycles. The van der Waals surface area contributed by atoms with E-state index in [1.165, 1.54) is 40.3 Å². The number of aliphatic imine (C=N–C) groups is 1. The summed E-state index contributed by atoms with van der Waals surface area (Å²) in [5.41, 5.74) is 9.44. The fourth-order valence-corrected chi connectivity index (χ4v) is 13.5. The van der Waals surface area contributed by atoms with Crippen molar-refractivity contribution in [3.8, 4) is 22.5 Å². The van der Waals surface area contributed by atoms with Gasteiger partial charge in [0.1, 0.15) is 49.9 Å². The lowest BCUT2D eigenvalue weighted by Gasteiger charge is -2.42. The van der Waals surface area contributed by atoms with Crippen LogP contribution in [0.15, 0.2) is 83.9 Å². The van der Waals surface area contributed by atoms with Crippen molar-refractivity contribution < 1.29 is 82.0 Å². The van der Waals surface area contributed by atoms with Gasteiger partial charge in [-0.05, 0) is 37.0 Å². The van der Waals surface area contributed by atoms with Crippen LogP contribution in [-0.4, -0.2) is 216 Å². The van der Waals surface area contributed by atoms with E-state index in [0.29, 0.717) is 33.6 Å². The number of thioether (sulfide) groups is 1. The van der Waals surface area contributed by atoms with Crippen LogP contribution in [0.25, 0.3) is 22.5 Å². The van der Waals surface area contributed by atoms with Gasteiger partial charge in [-0.3, -0.25) is 19.2 Å². The van der Waals surface area contributed by atoms with Crippen molar-refractivity contribution >= 4 is 97.5 Å². The van der Waals surface area contributed by atoms with Crippen molar-refractivity contribution in [3.63, 3.8) is 0 Å². The van der Waals surface area contributed by atoms with E-state index in [1.54, 1.807) is 29.8 Å². The van der Waals surface area contributed by atoms with Crippen LogP contribution in [-0.2, 0) is 70.2 Å². The fraction of sp³-hybridized carbons (Fsp3) is 0.533. The molecule has 492 valence electrons. The van der Waals surface area contributed by atoms with Crippen molar-refractivity contribution in [2.45, 2.75) is 94.9 Å². The molecule has 3 aromatic carbocycles. The number of alkyl carbamates (subject to hydrolysis) is 1. The number of para-hydroxylation sites is 1. The number of nitrogens with two attached hydrogens (primary N) is 1. The molecule has 6 rings (SSSR count). The number of aliphatic hydroxyl groups is 3. The number of hydrogen-bond acceptors (Lipinski definition) is 24. The SMILES string of the molecule is CN=CC(C)(CCC(=O)OCCOCCOCCOCCn1nnc2c1-c1ccccc1N(C(=O)CCNC(=O)OCCSSCCOC(N)=O)Cc1ccccc1-2)CC(C)(SC(=S)c1ccccc1)C(=O)NCCOC1OC(CO)C(O)C(O)C1NC(C)=O. The zero-order valence-corrected chi connectivity index (χ0v) is 54.1. The van der Waals surface area contributed by atoms with Gasteiger partial charge in [0.2, 0.25) is 17.7 Å². The van der Waals surface area contributed by atoms with Crippen LogP contribution in [0.5, 0.6) is 0 Å². The minimum absolute atomic E-state index is 0.00935. The van der Waals surface area contributed by atoms with Gasteiger partial charge in [-0.1, -0.05) is 131 Å².